The molecule has 3 rings (SSSR count). The lowest BCUT2D eigenvalue weighted by atomic mass is 10.3. The van der Waals surface area contributed by atoms with Crippen molar-refractivity contribution in [1.29, 1.82) is 0 Å². The van der Waals surface area contributed by atoms with Crippen LogP contribution in [0.15, 0.2) is 99.6 Å². The molecular formula is C20H21OS+. The minimum absolute atomic E-state index is 0. The molecule has 0 aromatic heterocycles. The maximum absolute atomic E-state index is 5.26. The average Bonchev–Trinajstić information content (AvgIpc) is 2.58. The van der Waals surface area contributed by atoms with Gasteiger partial charge < -0.3 is 4.74 Å². The molecule has 0 aliphatic heterocycles. The minimum Gasteiger partial charge on any atom is -0.497 e. The van der Waals surface area contributed by atoms with Gasteiger partial charge in [0.05, 0.1) is 18.0 Å². The van der Waals surface area contributed by atoms with Gasteiger partial charge >= 0.3 is 0 Å². The highest BCUT2D eigenvalue weighted by molar-refractivity contribution is 7.97. The molecule has 0 spiro atoms. The van der Waals surface area contributed by atoms with E-state index in [2.05, 4.69) is 72.8 Å². The molecule has 0 saturated heterocycles. The molecule has 0 N–H and O–H groups in total. The van der Waals surface area contributed by atoms with Gasteiger partial charge in [0.2, 0.25) is 0 Å². The normalized spacial score (nSPS) is 10.1. The Morgan fingerprint density at radius 3 is 1.41 bits per heavy atom. The molecule has 0 radical (unpaired) electrons. The molecule has 1 nitrogen and oxygen atoms in total. The molecule has 3 aromatic rings. The van der Waals surface area contributed by atoms with Crippen LogP contribution < -0.4 is 4.74 Å². The van der Waals surface area contributed by atoms with E-state index in [-0.39, 0.29) is 18.3 Å². The van der Waals surface area contributed by atoms with Gasteiger partial charge in [-0.2, -0.15) is 0 Å². The number of hydrogen-bond donors (Lipinski definition) is 0. The summed E-state index contributed by atoms with van der Waals surface area (Å²) in [5.41, 5.74) is 0. The molecule has 0 saturated carbocycles. The van der Waals surface area contributed by atoms with Gasteiger partial charge in [0.25, 0.3) is 0 Å². The van der Waals surface area contributed by atoms with Crippen LogP contribution in [0.25, 0.3) is 0 Å². The maximum Gasteiger partial charge on any atom is 0.166 e. The summed E-state index contributed by atoms with van der Waals surface area (Å²) in [5.74, 6) is 0.892. The fraction of sp³-hybridized carbons (Fsp3) is 0.100. The molecule has 0 atom stereocenters. The van der Waals surface area contributed by atoms with Crippen LogP contribution in [0.5, 0.6) is 5.75 Å². The van der Waals surface area contributed by atoms with Crippen LogP contribution in [0.1, 0.15) is 7.43 Å². The average molecular weight is 309 g/mol. The largest absolute Gasteiger partial charge is 0.497 e. The number of hydrogen-bond acceptors (Lipinski definition) is 1. The fourth-order valence-corrected chi connectivity index (χ4v) is 4.32. The molecule has 0 unspecified atom stereocenters. The molecule has 3 aromatic carbocycles. The van der Waals surface area contributed by atoms with Crippen LogP contribution in [-0.2, 0) is 10.9 Å². The number of benzene rings is 3. The van der Waals surface area contributed by atoms with Crippen molar-refractivity contribution in [2.24, 2.45) is 0 Å². The van der Waals surface area contributed by atoms with Crippen LogP contribution in [0.2, 0.25) is 0 Å². The molecule has 0 aliphatic carbocycles. The molecule has 0 heterocycles. The second-order valence-electron chi connectivity index (χ2n) is 4.61. The Bertz CT molecular complexity index is 638. The van der Waals surface area contributed by atoms with Gasteiger partial charge in [-0.3, -0.25) is 0 Å². The molecule has 0 aliphatic rings. The first kappa shape index (κ1) is 16.2. The van der Waals surface area contributed by atoms with Crippen LogP contribution in [0.3, 0.4) is 0 Å². The lowest BCUT2D eigenvalue weighted by molar-refractivity contribution is 0.414. The second-order valence-corrected chi connectivity index (χ2v) is 6.63. The van der Waals surface area contributed by atoms with Crippen LogP contribution in [-0.4, -0.2) is 7.11 Å². The van der Waals surface area contributed by atoms with Crippen molar-refractivity contribution in [3.8, 4) is 5.75 Å². The lowest BCUT2D eigenvalue weighted by Gasteiger charge is -2.08. The first-order chi connectivity index (χ1) is 10.4. The molecule has 22 heavy (non-hydrogen) atoms. The zero-order valence-corrected chi connectivity index (χ0v) is 12.7. The zero-order valence-electron chi connectivity index (χ0n) is 11.9. The second kappa shape index (κ2) is 7.71. The molecular weight excluding hydrogens is 288 g/mol. The summed E-state index contributed by atoms with van der Waals surface area (Å²) in [6.07, 6.45) is 0. The third-order valence-electron chi connectivity index (χ3n) is 3.25. The van der Waals surface area contributed by atoms with Gasteiger partial charge in [-0.1, -0.05) is 43.8 Å². The Labute approximate surface area is 135 Å². The van der Waals surface area contributed by atoms with Crippen molar-refractivity contribution < 1.29 is 4.74 Å². The van der Waals surface area contributed by atoms with E-state index in [4.69, 9.17) is 4.74 Å². The van der Waals surface area contributed by atoms with E-state index in [1.54, 1.807) is 7.11 Å². The maximum atomic E-state index is 5.26. The third kappa shape index (κ3) is 3.52. The van der Waals surface area contributed by atoms with Crippen LogP contribution in [0.4, 0.5) is 0 Å². The summed E-state index contributed by atoms with van der Waals surface area (Å²) in [6.45, 7) is 0. The van der Waals surface area contributed by atoms with E-state index in [0.717, 1.165) is 5.75 Å². The van der Waals surface area contributed by atoms with Gasteiger partial charge in [-0.15, -0.1) is 0 Å². The summed E-state index contributed by atoms with van der Waals surface area (Å²) >= 11 is 0. The summed E-state index contributed by atoms with van der Waals surface area (Å²) in [7, 11) is 1.62. The molecule has 0 bridgehead atoms. The smallest absolute Gasteiger partial charge is 0.166 e. The van der Waals surface area contributed by atoms with E-state index >= 15 is 0 Å². The van der Waals surface area contributed by atoms with Gasteiger partial charge in [0.15, 0.2) is 14.7 Å². The van der Waals surface area contributed by atoms with Crippen LogP contribution >= 0.6 is 0 Å². The zero-order chi connectivity index (χ0) is 14.5. The first-order valence-electron chi connectivity index (χ1n) is 6.87. The van der Waals surface area contributed by atoms with E-state index < -0.39 is 0 Å². The van der Waals surface area contributed by atoms with E-state index in [0.29, 0.717) is 0 Å². The summed E-state index contributed by atoms with van der Waals surface area (Å²) in [6, 6.07) is 29.7. The Balaban J connectivity index is 0.00000176. The quantitative estimate of drug-likeness (QED) is 0.584. The van der Waals surface area contributed by atoms with Crippen molar-refractivity contribution in [2.45, 2.75) is 22.1 Å². The van der Waals surface area contributed by atoms with Crippen molar-refractivity contribution >= 4 is 10.9 Å². The minimum atomic E-state index is -0.0804. The predicted molar refractivity (Wildman–Crippen MR) is 94.8 cm³/mol. The van der Waals surface area contributed by atoms with Gasteiger partial charge in [-0.05, 0) is 48.5 Å². The highest BCUT2D eigenvalue weighted by Crippen LogP contribution is 2.31. The van der Waals surface area contributed by atoms with Gasteiger partial charge in [0.1, 0.15) is 5.75 Å². The highest BCUT2D eigenvalue weighted by atomic mass is 32.2. The topological polar surface area (TPSA) is 9.23 Å². The Hall–Kier alpha value is -2.19. The van der Waals surface area contributed by atoms with Gasteiger partial charge in [-0.25, -0.2) is 0 Å². The standard InChI is InChI=1S/C19H17OS.CH4/c1-20-16-12-14-19(15-13-16)21(17-8-4-2-5-9-17)18-10-6-3-7-11-18;/h2-15H,1H3;1H4/q+1;. The summed E-state index contributed by atoms with van der Waals surface area (Å²) in [5, 5.41) is 0. The predicted octanol–water partition coefficient (Wildman–Crippen LogP) is 5.43. The fourth-order valence-electron chi connectivity index (χ4n) is 2.23. The summed E-state index contributed by atoms with van der Waals surface area (Å²) < 4.78 is 5.26. The third-order valence-corrected chi connectivity index (χ3v) is 5.48. The van der Waals surface area contributed by atoms with Crippen molar-refractivity contribution in [3.05, 3.63) is 84.9 Å². The van der Waals surface area contributed by atoms with Crippen molar-refractivity contribution in [3.63, 3.8) is 0 Å². The summed E-state index contributed by atoms with van der Waals surface area (Å²) in [4.78, 5) is 3.95. The highest BCUT2D eigenvalue weighted by Gasteiger charge is 2.27. The number of methoxy groups -OCH3 is 1. The first-order valence-corrected chi connectivity index (χ1v) is 8.09. The van der Waals surface area contributed by atoms with E-state index in [1.165, 1.54) is 14.7 Å². The molecule has 2 heteroatoms. The van der Waals surface area contributed by atoms with Gasteiger partial charge in [0, 0.05) is 0 Å². The van der Waals surface area contributed by atoms with E-state index in [9.17, 15) is 0 Å². The van der Waals surface area contributed by atoms with Crippen molar-refractivity contribution in [2.75, 3.05) is 7.11 Å². The lowest BCUT2D eigenvalue weighted by Crippen LogP contribution is -2.04. The molecule has 0 fully saturated rings. The number of ether oxygens (including phenoxy) is 1. The molecule has 112 valence electrons. The number of rotatable bonds is 4. The van der Waals surface area contributed by atoms with Crippen molar-refractivity contribution in [1.82, 2.24) is 0 Å². The molecule has 0 amide bonds. The SMILES string of the molecule is C.COc1ccc([S+](c2ccccc2)c2ccccc2)cc1. The van der Waals surface area contributed by atoms with Crippen LogP contribution in [0, 0.1) is 0 Å². The monoisotopic (exact) mass is 309 g/mol. The Kier molecular flexibility index (Phi) is 5.68. The Morgan fingerprint density at radius 2 is 1.00 bits per heavy atom. The van der Waals surface area contributed by atoms with E-state index in [1.807, 2.05) is 12.1 Å². The Morgan fingerprint density at radius 1 is 0.591 bits per heavy atom.